The number of esters is 1. The first-order chi connectivity index (χ1) is 16.7. The Morgan fingerprint density at radius 2 is 1.88 bits per heavy atom. The van der Waals surface area contributed by atoms with E-state index in [4.69, 9.17) is 4.74 Å². The molecule has 0 aliphatic rings. The predicted molar refractivity (Wildman–Crippen MR) is 130 cm³/mol. The van der Waals surface area contributed by atoms with Gasteiger partial charge in [0, 0.05) is 29.0 Å². The van der Waals surface area contributed by atoms with Crippen LogP contribution in [0.1, 0.15) is 24.2 Å². The van der Waals surface area contributed by atoms with Gasteiger partial charge in [0.2, 0.25) is 5.82 Å². The SMILES string of the molecule is CCNc1cc(-n2cnc3cccc(C(=O)OCC)c32)ccc1-c1ccccc1-c1nn[nH]n1. The van der Waals surface area contributed by atoms with E-state index in [0.29, 0.717) is 23.5 Å². The summed E-state index contributed by atoms with van der Waals surface area (Å²) in [6.45, 7) is 4.89. The minimum atomic E-state index is -0.368. The lowest BCUT2D eigenvalue weighted by molar-refractivity contribution is 0.0528. The molecule has 0 unspecified atom stereocenters. The van der Waals surface area contributed by atoms with Crippen LogP contribution in [0.3, 0.4) is 0 Å². The molecule has 0 bridgehead atoms. The molecule has 2 N–H and O–H groups in total. The molecule has 0 fully saturated rings. The van der Waals surface area contributed by atoms with E-state index in [-0.39, 0.29) is 5.97 Å². The number of nitrogens with one attached hydrogen (secondary N) is 2. The van der Waals surface area contributed by atoms with E-state index in [2.05, 4.69) is 37.0 Å². The molecule has 34 heavy (non-hydrogen) atoms. The highest BCUT2D eigenvalue weighted by atomic mass is 16.5. The molecule has 5 rings (SSSR count). The van der Waals surface area contributed by atoms with E-state index in [0.717, 1.165) is 40.1 Å². The maximum atomic E-state index is 12.6. The maximum Gasteiger partial charge on any atom is 0.340 e. The van der Waals surface area contributed by atoms with Crippen molar-refractivity contribution < 1.29 is 9.53 Å². The zero-order valence-corrected chi connectivity index (χ0v) is 18.8. The van der Waals surface area contributed by atoms with Gasteiger partial charge in [-0.15, -0.1) is 10.2 Å². The highest BCUT2D eigenvalue weighted by Gasteiger charge is 2.18. The summed E-state index contributed by atoms with van der Waals surface area (Å²) in [5.74, 6) is 0.161. The average molecular weight is 454 g/mol. The van der Waals surface area contributed by atoms with Gasteiger partial charge in [0.1, 0.15) is 6.33 Å². The Balaban J connectivity index is 1.66. The van der Waals surface area contributed by atoms with Crippen LogP contribution in [-0.2, 0) is 4.74 Å². The number of fused-ring (bicyclic) bond motifs is 1. The van der Waals surface area contributed by atoms with Crippen molar-refractivity contribution in [2.24, 2.45) is 0 Å². The first-order valence-corrected chi connectivity index (χ1v) is 11.1. The number of carbonyl (C=O) groups is 1. The Hall–Kier alpha value is -4.53. The monoisotopic (exact) mass is 453 g/mol. The Morgan fingerprint density at radius 1 is 1.03 bits per heavy atom. The van der Waals surface area contributed by atoms with Gasteiger partial charge in [0.25, 0.3) is 0 Å². The number of aromatic nitrogens is 6. The smallest absolute Gasteiger partial charge is 0.340 e. The van der Waals surface area contributed by atoms with Gasteiger partial charge in [0.15, 0.2) is 0 Å². The topological polar surface area (TPSA) is 111 Å². The number of ether oxygens (including phenoxy) is 1. The van der Waals surface area contributed by atoms with Crippen molar-refractivity contribution in [2.45, 2.75) is 13.8 Å². The lowest BCUT2D eigenvalue weighted by atomic mass is 9.97. The number of H-pyrrole nitrogens is 1. The van der Waals surface area contributed by atoms with Gasteiger partial charge in [-0.3, -0.25) is 4.57 Å². The summed E-state index contributed by atoms with van der Waals surface area (Å²) < 4.78 is 7.19. The van der Waals surface area contributed by atoms with Crippen LogP contribution in [0, 0.1) is 0 Å². The number of anilines is 1. The molecule has 0 amide bonds. The second-order valence-electron chi connectivity index (χ2n) is 7.55. The van der Waals surface area contributed by atoms with Crippen LogP contribution in [0.2, 0.25) is 0 Å². The van der Waals surface area contributed by atoms with E-state index in [1.165, 1.54) is 0 Å². The zero-order valence-electron chi connectivity index (χ0n) is 18.8. The standard InChI is InChI=1S/C25H23N7O2/c1-3-26-22-14-16(32-15-27-21-11-7-10-20(23(21)32)25(33)34-4-2)12-13-18(22)17-8-5-6-9-19(17)24-28-30-31-29-24/h5-15,26H,3-4H2,1-2H3,(H,28,29,30,31). The molecule has 0 spiro atoms. The largest absolute Gasteiger partial charge is 0.462 e. The maximum absolute atomic E-state index is 12.6. The Kier molecular flexibility index (Phi) is 5.73. The molecular formula is C25H23N7O2. The van der Waals surface area contributed by atoms with Crippen molar-refractivity contribution in [2.75, 3.05) is 18.5 Å². The van der Waals surface area contributed by atoms with Gasteiger partial charge in [0.05, 0.1) is 23.2 Å². The van der Waals surface area contributed by atoms with Crippen molar-refractivity contribution in [1.82, 2.24) is 30.2 Å². The highest BCUT2D eigenvalue weighted by Crippen LogP contribution is 2.36. The third-order valence-corrected chi connectivity index (χ3v) is 5.52. The van der Waals surface area contributed by atoms with Crippen molar-refractivity contribution in [3.8, 4) is 28.2 Å². The van der Waals surface area contributed by atoms with Crippen molar-refractivity contribution >= 4 is 22.7 Å². The highest BCUT2D eigenvalue weighted by molar-refractivity contribution is 6.02. The molecule has 9 heteroatoms. The van der Waals surface area contributed by atoms with Gasteiger partial charge in [-0.1, -0.05) is 36.4 Å². The summed E-state index contributed by atoms with van der Waals surface area (Å²) in [7, 11) is 0. The number of nitrogens with zero attached hydrogens (tertiary/aromatic N) is 5. The Labute approximate surface area is 195 Å². The molecule has 0 atom stereocenters. The zero-order chi connectivity index (χ0) is 23.5. The minimum Gasteiger partial charge on any atom is -0.462 e. The first-order valence-electron chi connectivity index (χ1n) is 11.1. The van der Waals surface area contributed by atoms with Crippen LogP contribution < -0.4 is 5.32 Å². The molecule has 9 nitrogen and oxygen atoms in total. The average Bonchev–Trinajstić information content (AvgIpc) is 3.55. The number of hydrogen-bond acceptors (Lipinski definition) is 7. The van der Waals surface area contributed by atoms with Gasteiger partial charge in [-0.2, -0.15) is 5.21 Å². The van der Waals surface area contributed by atoms with E-state index < -0.39 is 0 Å². The fraction of sp³-hybridized carbons (Fsp3) is 0.160. The molecule has 170 valence electrons. The van der Waals surface area contributed by atoms with Gasteiger partial charge in [-0.05, 0) is 48.9 Å². The van der Waals surface area contributed by atoms with Crippen LogP contribution >= 0.6 is 0 Å². The molecule has 0 aliphatic heterocycles. The van der Waals surface area contributed by atoms with Crippen molar-refractivity contribution in [3.05, 3.63) is 72.6 Å². The summed E-state index contributed by atoms with van der Waals surface area (Å²) >= 11 is 0. The fourth-order valence-corrected chi connectivity index (χ4v) is 4.08. The van der Waals surface area contributed by atoms with E-state index >= 15 is 0 Å². The molecule has 2 aromatic heterocycles. The second-order valence-corrected chi connectivity index (χ2v) is 7.55. The number of para-hydroxylation sites is 1. The Bertz CT molecular complexity index is 1460. The van der Waals surface area contributed by atoms with Crippen molar-refractivity contribution in [3.63, 3.8) is 0 Å². The molecule has 5 aromatic rings. The number of rotatable bonds is 7. The number of carbonyl (C=O) groups excluding carboxylic acids is 1. The number of hydrogen-bond donors (Lipinski definition) is 2. The summed E-state index contributed by atoms with van der Waals surface area (Å²) in [6, 6.07) is 19.5. The second kappa shape index (κ2) is 9.14. The number of aromatic amines is 1. The molecular weight excluding hydrogens is 430 g/mol. The molecule has 0 aliphatic carbocycles. The number of benzene rings is 3. The quantitative estimate of drug-likeness (QED) is 0.350. The van der Waals surface area contributed by atoms with Gasteiger partial charge >= 0.3 is 5.97 Å². The van der Waals surface area contributed by atoms with Crippen LogP contribution in [0.5, 0.6) is 0 Å². The molecule has 0 saturated carbocycles. The lowest BCUT2D eigenvalue weighted by Crippen LogP contribution is -2.07. The predicted octanol–water partition coefficient (Wildman–Crippen LogP) is 4.48. The summed E-state index contributed by atoms with van der Waals surface area (Å²) in [6.07, 6.45) is 1.73. The van der Waals surface area contributed by atoms with E-state index in [9.17, 15) is 4.79 Å². The summed E-state index contributed by atoms with van der Waals surface area (Å²) in [5.41, 5.74) is 6.58. The number of tetrazole rings is 1. The van der Waals surface area contributed by atoms with E-state index in [1.807, 2.05) is 60.0 Å². The summed E-state index contributed by atoms with van der Waals surface area (Å²) in [4.78, 5) is 17.1. The van der Waals surface area contributed by atoms with Crippen LogP contribution in [0.15, 0.2) is 67.0 Å². The van der Waals surface area contributed by atoms with E-state index in [1.54, 1.807) is 19.3 Å². The van der Waals surface area contributed by atoms with Gasteiger partial charge < -0.3 is 10.1 Å². The van der Waals surface area contributed by atoms with Crippen LogP contribution in [0.25, 0.3) is 39.2 Å². The third kappa shape index (κ3) is 3.77. The third-order valence-electron chi connectivity index (χ3n) is 5.52. The van der Waals surface area contributed by atoms with Crippen LogP contribution in [0.4, 0.5) is 5.69 Å². The first kappa shape index (κ1) is 21.3. The molecule has 3 aromatic carbocycles. The fourth-order valence-electron chi connectivity index (χ4n) is 4.08. The van der Waals surface area contributed by atoms with Crippen LogP contribution in [-0.4, -0.2) is 49.3 Å². The Morgan fingerprint density at radius 3 is 2.65 bits per heavy atom. The summed E-state index contributed by atoms with van der Waals surface area (Å²) in [5, 5.41) is 18.0. The molecule has 2 heterocycles. The van der Waals surface area contributed by atoms with Crippen molar-refractivity contribution in [1.29, 1.82) is 0 Å². The molecule has 0 saturated heterocycles. The lowest BCUT2D eigenvalue weighted by Gasteiger charge is -2.16. The number of imidazole rings is 1. The molecule has 0 radical (unpaired) electrons. The minimum absolute atomic E-state index is 0.308. The van der Waals surface area contributed by atoms with Gasteiger partial charge in [-0.25, -0.2) is 9.78 Å². The normalized spacial score (nSPS) is 11.0.